The van der Waals surface area contributed by atoms with E-state index in [0.29, 0.717) is 18.0 Å². The number of hydrogen-bond donors (Lipinski definition) is 1. The van der Waals surface area contributed by atoms with Gasteiger partial charge in [-0.3, -0.25) is 4.79 Å². The van der Waals surface area contributed by atoms with Gasteiger partial charge in [-0.25, -0.2) is 4.98 Å². The first kappa shape index (κ1) is 13.3. The number of nitrogens with zero attached hydrogens (tertiary/aromatic N) is 2. The maximum Gasteiger partial charge on any atom is 0.255 e. The molecule has 2 rings (SSSR count). The molecule has 0 fully saturated rings. The number of hydrogen-bond acceptors (Lipinski definition) is 4. The van der Waals surface area contributed by atoms with Crippen molar-refractivity contribution in [1.82, 2.24) is 9.55 Å². The smallest absolute Gasteiger partial charge is 0.255 e. The third-order valence-electron chi connectivity index (χ3n) is 3.00. The quantitative estimate of drug-likeness (QED) is 0.891. The Bertz CT molecular complexity index is 635. The van der Waals surface area contributed by atoms with E-state index in [9.17, 15) is 4.79 Å². The summed E-state index contributed by atoms with van der Waals surface area (Å²) in [5, 5.41) is 0. The van der Waals surface area contributed by atoms with Crippen LogP contribution in [0.15, 0.2) is 35.1 Å². The van der Waals surface area contributed by atoms with Gasteiger partial charge in [0.1, 0.15) is 0 Å². The molecule has 0 aliphatic carbocycles. The molecular weight excluding hydrogens is 242 g/mol. The standard InChI is InChI=1S/C14H17N3O2/c1-10-6-7-11(8-15)14(18)17(10)9-12-4-3-5-13(16-12)19-2/h3-7H,8-9,15H2,1-2H3. The van der Waals surface area contributed by atoms with Crippen molar-refractivity contribution in [2.24, 2.45) is 5.73 Å². The molecule has 0 saturated carbocycles. The summed E-state index contributed by atoms with van der Waals surface area (Å²) < 4.78 is 6.75. The van der Waals surface area contributed by atoms with Crippen molar-refractivity contribution in [1.29, 1.82) is 0 Å². The maximum absolute atomic E-state index is 12.2. The molecule has 0 spiro atoms. The van der Waals surface area contributed by atoms with Crippen molar-refractivity contribution in [2.45, 2.75) is 20.0 Å². The lowest BCUT2D eigenvalue weighted by Crippen LogP contribution is -2.27. The zero-order valence-electron chi connectivity index (χ0n) is 11.1. The second-order valence-corrected chi connectivity index (χ2v) is 4.27. The Morgan fingerprint density at radius 1 is 1.32 bits per heavy atom. The molecule has 0 aliphatic heterocycles. The molecule has 100 valence electrons. The number of ether oxygens (including phenoxy) is 1. The van der Waals surface area contributed by atoms with Gasteiger partial charge in [-0.15, -0.1) is 0 Å². The first-order valence-electron chi connectivity index (χ1n) is 6.05. The first-order chi connectivity index (χ1) is 9.15. The molecule has 0 amide bonds. The van der Waals surface area contributed by atoms with Gasteiger partial charge in [0.05, 0.1) is 19.3 Å². The van der Waals surface area contributed by atoms with Crippen molar-refractivity contribution in [3.05, 3.63) is 57.6 Å². The minimum absolute atomic E-state index is 0.0629. The number of methoxy groups -OCH3 is 1. The van der Waals surface area contributed by atoms with Gasteiger partial charge in [-0.1, -0.05) is 12.1 Å². The maximum atomic E-state index is 12.2. The van der Waals surface area contributed by atoms with Crippen LogP contribution in [0.3, 0.4) is 0 Å². The summed E-state index contributed by atoms with van der Waals surface area (Å²) in [5.41, 5.74) is 7.76. The van der Waals surface area contributed by atoms with E-state index in [1.165, 1.54) is 0 Å². The Hall–Kier alpha value is -2.14. The fourth-order valence-corrected chi connectivity index (χ4v) is 1.89. The molecule has 0 radical (unpaired) electrons. The van der Waals surface area contributed by atoms with Crippen LogP contribution in [0.4, 0.5) is 0 Å². The summed E-state index contributed by atoms with van der Waals surface area (Å²) in [7, 11) is 1.57. The SMILES string of the molecule is COc1cccc(Cn2c(C)ccc(CN)c2=O)n1. The molecule has 2 aromatic heterocycles. The molecular formula is C14H17N3O2. The van der Waals surface area contributed by atoms with E-state index in [0.717, 1.165) is 11.4 Å². The average Bonchev–Trinajstić information content (AvgIpc) is 2.44. The summed E-state index contributed by atoms with van der Waals surface area (Å²) in [6.07, 6.45) is 0. The van der Waals surface area contributed by atoms with Gasteiger partial charge in [0, 0.05) is 23.9 Å². The lowest BCUT2D eigenvalue weighted by atomic mass is 10.2. The van der Waals surface area contributed by atoms with Gasteiger partial charge in [0.2, 0.25) is 5.88 Å². The Morgan fingerprint density at radius 3 is 2.79 bits per heavy atom. The van der Waals surface area contributed by atoms with E-state index >= 15 is 0 Å². The normalized spacial score (nSPS) is 10.5. The minimum Gasteiger partial charge on any atom is -0.481 e. The fraction of sp³-hybridized carbons (Fsp3) is 0.286. The van der Waals surface area contributed by atoms with Crippen LogP contribution in [-0.2, 0) is 13.1 Å². The fourth-order valence-electron chi connectivity index (χ4n) is 1.89. The van der Waals surface area contributed by atoms with Crippen molar-refractivity contribution in [3.63, 3.8) is 0 Å². The predicted octanol–water partition coefficient (Wildman–Crippen LogP) is 1.07. The third-order valence-corrected chi connectivity index (χ3v) is 3.00. The van der Waals surface area contributed by atoms with Gasteiger partial charge in [0.15, 0.2) is 0 Å². The van der Waals surface area contributed by atoms with Gasteiger partial charge in [-0.2, -0.15) is 0 Å². The van der Waals surface area contributed by atoms with E-state index in [1.807, 2.05) is 25.1 Å². The molecule has 0 aromatic carbocycles. The molecule has 5 heteroatoms. The topological polar surface area (TPSA) is 70.1 Å². The Morgan fingerprint density at radius 2 is 2.11 bits per heavy atom. The van der Waals surface area contributed by atoms with Gasteiger partial charge >= 0.3 is 0 Å². The van der Waals surface area contributed by atoms with Crippen LogP contribution in [0.25, 0.3) is 0 Å². The third kappa shape index (κ3) is 2.82. The number of rotatable bonds is 4. The van der Waals surface area contributed by atoms with Crippen LogP contribution in [0.2, 0.25) is 0 Å². The molecule has 0 aliphatic rings. The molecule has 2 heterocycles. The predicted molar refractivity (Wildman–Crippen MR) is 73.2 cm³/mol. The Kier molecular flexibility index (Phi) is 3.97. The zero-order valence-corrected chi connectivity index (χ0v) is 11.1. The first-order valence-corrected chi connectivity index (χ1v) is 6.05. The summed E-state index contributed by atoms with van der Waals surface area (Å²) in [5.74, 6) is 0.540. The zero-order chi connectivity index (χ0) is 13.8. The number of aromatic nitrogens is 2. The van der Waals surface area contributed by atoms with Gasteiger partial charge in [-0.05, 0) is 19.1 Å². The molecule has 0 saturated heterocycles. The van der Waals surface area contributed by atoms with Crippen LogP contribution < -0.4 is 16.0 Å². The highest BCUT2D eigenvalue weighted by Gasteiger charge is 2.07. The van der Waals surface area contributed by atoms with Crippen LogP contribution in [0.1, 0.15) is 17.0 Å². The number of nitrogens with two attached hydrogens (primary N) is 1. The van der Waals surface area contributed by atoms with Crippen molar-refractivity contribution in [3.8, 4) is 5.88 Å². The van der Waals surface area contributed by atoms with E-state index < -0.39 is 0 Å². The number of pyridine rings is 2. The summed E-state index contributed by atoms with van der Waals surface area (Å²) >= 11 is 0. The van der Waals surface area contributed by atoms with Crippen molar-refractivity contribution >= 4 is 0 Å². The van der Waals surface area contributed by atoms with Crippen LogP contribution in [0.5, 0.6) is 5.88 Å². The summed E-state index contributed by atoms with van der Waals surface area (Å²) in [6.45, 7) is 2.54. The highest BCUT2D eigenvalue weighted by Crippen LogP contribution is 2.08. The minimum atomic E-state index is -0.0629. The van der Waals surface area contributed by atoms with Crippen LogP contribution >= 0.6 is 0 Å². The molecule has 0 atom stereocenters. The summed E-state index contributed by atoms with van der Waals surface area (Å²) in [4.78, 5) is 16.5. The Labute approximate surface area is 111 Å². The highest BCUT2D eigenvalue weighted by atomic mass is 16.5. The summed E-state index contributed by atoms with van der Waals surface area (Å²) in [6, 6.07) is 9.16. The lowest BCUT2D eigenvalue weighted by Gasteiger charge is -2.11. The lowest BCUT2D eigenvalue weighted by molar-refractivity contribution is 0.395. The van der Waals surface area contributed by atoms with E-state index in [2.05, 4.69) is 4.98 Å². The molecule has 2 N–H and O–H groups in total. The molecule has 19 heavy (non-hydrogen) atoms. The second-order valence-electron chi connectivity index (χ2n) is 4.27. The van der Waals surface area contributed by atoms with Crippen LogP contribution in [0, 0.1) is 6.92 Å². The van der Waals surface area contributed by atoms with E-state index in [4.69, 9.17) is 10.5 Å². The molecule has 0 unspecified atom stereocenters. The monoisotopic (exact) mass is 259 g/mol. The highest BCUT2D eigenvalue weighted by molar-refractivity contribution is 5.19. The second kappa shape index (κ2) is 5.67. The van der Waals surface area contributed by atoms with Crippen molar-refractivity contribution < 1.29 is 4.74 Å². The largest absolute Gasteiger partial charge is 0.481 e. The van der Waals surface area contributed by atoms with Crippen LogP contribution in [-0.4, -0.2) is 16.7 Å². The van der Waals surface area contributed by atoms with Gasteiger partial charge in [0.25, 0.3) is 5.56 Å². The molecule has 0 bridgehead atoms. The number of aryl methyl sites for hydroxylation is 1. The van der Waals surface area contributed by atoms with Crippen molar-refractivity contribution in [2.75, 3.05) is 7.11 Å². The Balaban J connectivity index is 2.40. The molecule has 2 aromatic rings. The average molecular weight is 259 g/mol. The van der Waals surface area contributed by atoms with E-state index in [-0.39, 0.29) is 12.1 Å². The van der Waals surface area contributed by atoms with E-state index in [1.54, 1.807) is 23.8 Å². The van der Waals surface area contributed by atoms with Gasteiger partial charge < -0.3 is 15.0 Å². The molecule has 5 nitrogen and oxygen atoms in total.